The van der Waals surface area contributed by atoms with Crippen LogP contribution in [0.4, 0.5) is 5.69 Å². The highest BCUT2D eigenvalue weighted by Crippen LogP contribution is 2.33. The van der Waals surface area contributed by atoms with E-state index in [9.17, 15) is 14.4 Å². The van der Waals surface area contributed by atoms with Crippen LogP contribution in [0.2, 0.25) is 0 Å². The predicted octanol–water partition coefficient (Wildman–Crippen LogP) is 4.08. The molecule has 0 spiro atoms. The summed E-state index contributed by atoms with van der Waals surface area (Å²) in [6.45, 7) is 4.93. The number of nitrogens with zero attached hydrogens (tertiary/aromatic N) is 2. The lowest BCUT2D eigenvalue weighted by Crippen LogP contribution is -2.53. The van der Waals surface area contributed by atoms with Crippen molar-refractivity contribution in [3.63, 3.8) is 0 Å². The zero-order chi connectivity index (χ0) is 34.3. The number of H-pyrrole nitrogens is 1. The van der Waals surface area contributed by atoms with Gasteiger partial charge in [0.25, 0.3) is 17.0 Å². The summed E-state index contributed by atoms with van der Waals surface area (Å²) in [5.41, 5.74) is 5.66. The maximum absolute atomic E-state index is 13.3. The van der Waals surface area contributed by atoms with Gasteiger partial charge in [-0.15, -0.1) is 0 Å². The number of hydrogen-bond acceptors (Lipinski definition) is 6. The van der Waals surface area contributed by atoms with Crippen molar-refractivity contribution in [2.75, 3.05) is 32.6 Å². The lowest BCUT2D eigenvalue weighted by molar-refractivity contribution is 0.102. The molecule has 0 fully saturated rings. The molecule has 1 amide bonds. The van der Waals surface area contributed by atoms with Gasteiger partial charge < -0.3 is 24.3 Å². The highest BCUT2D eigenvalue weighted by atomic mass is 16.5. The fourth-order valence-corrected chi connectivity index (χ4v) is 6.19. The molecule has 49 heavy (non-hydrogen) atoms. The van der Waals surface area contributed by atoms with Crippen molar-refractivity contribution >= 4 is 23.7 Å². The molecule has 250 valence electrons. The van der Waals surface area contributed by atoms with Crippen molar-refractivity contribution < 1.29 is 14.3 Å². The third kappa shape index (κ3) is 7.74. The molecule has 1 aromatic heterocycles. The predicted molar refractivity (Wildman–Crippen MR) is 193 cm³/mol. The highest BCUT2D eigenvalue weighted by molar-refractivity contribution is 6.04. The van der Waals surface area contributed by atoms with Gasteiger partial charge in [-0.25, -0.2) is 0 Å². The number of carbonyl (C=O) groups is 1. The monoisotopic (exact) mass is 656 g/mol. The summed E-state index contributed by atoms with van der Waals surface area (Å²) < 4.78 is 12.4. The van der Waals surface area contributed by atoms with Crippen molar-refractivity contribution in [3.8, 4) is 11.5 Å². The Bertz CT molecular complexity index is 2210. The zero-order valence-corrected chi connectivity index (χ0v) is 28.0. The van der Waals surface area contributed by atoms with E-state index in [0.717, 1.165) is 49.5 Å². The Morgan fingerprint density at radius 1 is 0.857 bits per heavy atom. The Morgan fingerprint density at radius 2 is 1.57 bits per heavy atom. The molecular weight excluding hydrogens is 616 g/mol. The highest BCUT2D eigenvalue weighted by Gasteiger charge is 2.19. The van der Waals surface area contributed by atoms with E-state index in [1.54, 1.807) is 50.6 Å². The Balaban J connectivity index is 1.11. The van der Waals surface area contributed by atoms with Gasteiger partial charge in [-0.3, -0.25) is 19.3 Å². The van der Waals surface area contributed by atoms with E-state index >= 15 is 0 Å². The number of aromatic nitrogens is 2. The van der Waals surface area contributed by atoms with Crippen LogP contribution in [-0.2, 0) is 25.9 Å². The van der Waals surface area contributed by atoms with Gasteiger partial charge in [0.2, 0.25) is 0 Å². The number of amides is 1. The summed E-state index contributed by atoms with van der Waals surface area (Å²) in [5, 5.41) is 3.41. The molecule has 0 atom stereocenters. The molecule has 0 saturated heterocycles. The average molecular weight is 657 g/mol. The minimum Gasteiger partial charge on any atom is -0.493 e. The average Bonchev–Trinajstić information content (AvgIpc) is 3.13. The first-order valence-electron chi connectivity index (χ1n) is 16.4. The quantitative estimate of drug-likeness (QED) is 0.235. The molecule has 0 saturated carbocycles. The standard InChI is InChI=1S/C40H40N4O5/c1-4-44-35(23-28-9-6-5-7-10-28)39(46)42-34(40(44)47)22-29-11-8-12-31(21-29)38(45)41-33-15-13-27(14-16-33)17-19-43-20-18-30-24-36(48-2)37(49-3)25-32(30)26-43/h5-16,21-25H,4,17-20,26H2,1-3H3,(H,41,45)(H,42,46)/b34-22-,35-23-. The summed E-state index contributed by atoms with van der Waals surface area (Å²) in [6.07, 6.45) is 5.16. The summed E-state index contributed by atoms with van der Waals surface area (Å²) >= 11 is 0. The molecule has 0 aliphatic carbocycles. The molecule has 9 nitrogen and oxygen atoms in total. The van der Waals surface area contributed by atoms with Crippen molar-refractivity contribution in [2.24, 2.45) is 0 Å². The van der Waals surface area contributed by atoms with Gasteiger partial charge in [0.15, 0.2) is 11.5 Å². The van der Waals surface area contributed by atoms with Gasteiger partial charge in [-0.2, -0.15) is 0 Å². The minimum atomic E-state index is -0.364. The van der Waals surface area contributed by atoms with E-state index < -0.39 is 0 Å². The molecule has 9 heteroatoms. The van der Waals surface area contributed by atoms with Crippen LogP contribution < -0.4 is 36.6 Å². The first-order chi connectivity index (χ1) is 23.8. The van der Waals surface area contributed by atoms with E-state index in [-0.39, 0.29) is 27.7 Å². The topological polar surface area (TPSA) is 106 Å². The van der Waals surface area contributed by atoms with Crippen LogP contribution in [-0.4, -0.2) is 47.7 Å². The number of hydrogen-bond donors (Lipinski definition) is 2. The van der Waals surface area contributed by atoms with Gasteiger partial charge in [-0.05, 0) is 96.1 Å². The largest absolute Gasteiger partial charge is 0.493 e. The van der Waals surface area contributed by atoms with E-state index in [1.807, 2.05) is 61.5 Å². The minimum absolute atomic E-state index is 0.152. The third-order valence-electron chi connectivity index (χ3n) is 8.85. The van der Waals surface area contributed by atoms with Crippen molar-refractivity contribution in [3.05, 3.63) is 156 Å². The number of methoxy groups -OCH3 is 2. The lowest BCUT2D eigenvalue weighted by Gasteiger charge is -2.29. The second-order valence-corrected chi connectivity index (χ2v) is 12.0. The number of carbonyl (C=O) groups excluding carboxylic acids is 1. The fourth-order valence-electron chi connectivity index (χ4n) is 6.19. The number of anilines is 1. The molecule has 1 aliphatic rings. The molecule has 5 aromatic rings. The molecule has 0 unspecified atom stereocenters. The van der Waals surface area contributed by atoms with Crippen LogP contribution in [0, 0.1) is 0 Å². The van der Waals surface area contributed by atoms with Crippen LogP contribution >= 0.6 is 0 Å². The summed E-state index contributed by atoms with van der Waals surface area (Å²) in [7, 11) is 3.33. The molecular formula is C40H40N4O5. The number of aromatic amines is 1. The summed E-state index contributed by atoms with van der Waals surface area (Å²) in [5.74, 6) is 1.26. The molecule has 2 N–H and O–H groups in total. The summed E-state index contributed by atoms with van der Waals surface area (Å²) in [4.78, 5) is 44.7. The first kappa shape index (κ1) is 33.2. The Kier molecular flexibility index (Phi) is 10.2. The Hall–Kier alpha value is -5.67. The maximum Gasteiger partial charge on any atom is 0.274 e. The van der Waals surface area contributed by atoms with E-state index in [0.29, 0.717) is 23.4 Å². The smallest absolute Gasteiger partial charge is 0.274 e. The second-order valence-electron chi connectivity index (χ2n) is 12.0. The van der Waals surface area contributed by atoms with Crippen molar-refractivity contribution in [2.45, 2.75) is 32.9 Å². The SMILES string of the molecule is CCn1c(=O)/c(=C/c2cccc(C(=O)Nc3ccc(CCN4CCc5cc(OC)c(OC)cc5C4)cc3)c2)[nH]c(=O)/c1=C/c1ccccc1. The number of rotatable bonds is 10. The number of benzene rings is 4. The van der Waals surface area contributed by atoms with Gasteiger partial charge in [0, 0.05) is 37.4 Å². The van der Waals surface area contributed by atoms with E-state index in [2.05, 4.69) is 27.3 Å². The summed E-state index contributed by atoms with van der Waals surface area (Å²) in [6, 6.07) is 28.4. The first-order valence-corrected chi connectivity index (χ1v) is 16.4. The van der Waals surface area contributed by atoms with Crippen molar-refractivity contribution in [1.29, 1.82) is 0 Å². The van der Waals surface area contributed by atoms with Crippen LogP contribution in [0.1, 0.15) is 45.1 Å². The Labute approximate surface area is 284 Å². The van der Waals surface area contributed by atoms with Gasteiger partial charge in [-0.1, -0.05) is 54.6 Å². The van der Waals surface area contributed by atoms with Gasteiger partial charge in [0.05, 0.1) is 14.2 Å². The zero-order valence-electron chi connectivity index (χ0n) is 28.0. The molecule has 6 rings (SSSR count). The number of nitrogens with one attached hydrogen (secondary N) is 2. The van der Waals surface area contributed by atoms with Crippen LogP contribution in [0.25, 0.3) is 12.2 Å². The third-order valence-corrected chi connectivity index (χ3v) is 8.85. The number of ether oxygens (including phenoxy) is 2. The molecule has 0 radical (unpaired) electrons. The molecule has 0 bridgehead atoms. The van der Waals surface area contributed by atoms with Crippen molar-refractivity contribution in [1.82, 2.24) is 14.5 Å². The van der Waals surface area contributed by atoms with Crippen LogP contribution in [0.3, 0.4) is 0 Å². The van der Waals surface area contributed by atoms with E-state index in [4.69, 9.17) is 9.47 Å². The Morgan fingerprint density at radius 3 is 2.29 bits per heavy atom. The fraction of sp³-hybridized carbons (Fsp3) is 0.225. The molecule has 4 aromatic carbocycles. The van der Waals surface area contributed by atoms with Gasteiger partial charge >= 0.3 is 0 Å². The van der Waals surface area contributed by atoms with E-state index in [1.165, 1.54) is 21.3 Å². The van der Waals surface area contributed by atoms with Gasteiger partial charge in [0.1, 0.15) is 10.7 Å². The van der Waals surface area contributed by atoms with Crippen LogP contribution in [0.15, 0.2) is 101 Å². The molecule has 2 heterocycles. The lowest BCUT2D eigenvalue weighted by atomic mass is 9.98. The normalized spacial score (nSPS) is 13.6. The maximum atomic E-state index is 13.3. The van der Waals surface area contributed by atoms with Crippen LogP contribution in [0.5, 0.6) is 11.5 Å². The molecule has 1 aliphatic heterocycles. The second kappa shape index (κ2) is 15.0. The number of fused-ring (bicyclic) bond motifs is 1.